The van der Waals surface area contributed by atoms with Crippen molar-refractivity contribution in [3.63, 3.8) is 0 Å². The van der Waals surface area contributed by atoms with Gasteiger partial charge in [0.25, 0.3) is 5.91 Å². The second kappa shape index (κ2) is 10.2. The predicted molar refractivity (Wildman–Crippen MR) is 112 cm³/mol. The summed E-state index contributed by atoms with van der Waals surface area (Å²) in [6.07, 6.45) is 1.66. The molecule has 1 N–H and O–H groups in total. The van der Waals surface area contributed by atoms with Crippen LogP contribution in [0, 0.1) is 0 Å². The number of aryl methyl sites for hydroxylation is 1. The summed E-state index contributed by atoms with van der Waals surface area (Å²) in [6.45, 7) is 1.63. The molecule has 0 radical (unpaired) electrons. The molecule has 1 aromatic heterocycles. The lowest BCUT2D eigenvalue weighted by Gasteiger charge is -2.06. The van der Waals surface area contributed by atoms with Crippen molar-refractivity contribution in [3.8, 4) is 11.3 Å². The number of furan rings is 1. The van der Waals surface area contributed by atoms with Crippen LogP contribution in [0.15, 0.2) is 71.1 Å². The van der Waals surface area contributed by atoms with E-state index in [-0.39, 0.29) is 24.1 Å². The van der Waals surface area contributed by atoms with Gasteiger partial charge in [0.1, 0.15) is 5.76 Å². The smallest absolute Gasteiger partial charge is 0.374 e. The molecule has 0 bridgehead atoms. The third-order valence-electron chi connectivity index (χ3n) is 4.52. The number of carbonyl (C=O) groups excluding carboxylic acids is 3. The highest BCUT2D eigenvalue weighted by atomic mass is 16.5. The Balaban J connectivity index is 1.42. The molecule has 154 valence electrons. The maximum absolute atomic E-state index is 12.1. The molecule has 0 aliphatic heterocycles. The monoisotopic (exact) mass is 405 g/mol. The Hall–Kier alpha value is -3.67. The second-order valence-corrected chi connectivity index (χ2v) is 6.81. The molecule has 0 atom stereocenters. The van der Waals surface area contributed by atoms with E-state index in [0.717, 1.165) is 18.4 Å². The average Bonchev–Trinajstić information content (AvgIpc) is 3.26. The molecule has 0 aliphatic carbocycles. The van der Waals surface area contributed by atoms with Crippen LogP contribution in [0.25, 0.3) is 11.3 Å². The first-order chi connectivity index (χ1) is 14.5. The summed E-state index contributed by atoms with van der Waals surface area (Å²) in [5, 5.41) is 2.73. The van der Waals surface area contributed by atoms with Crippen molar-refractivity contribution in [2.45, 2.75) is 19.8 Å². The normalized spacial score (nSPS) is 10.4. The van der Waals surface area contributed by atoms with Crippen LogP contribution in [0.2, 0.25) is 0 Å². The van der Waals surface area contributed by atoms with Crippen LogP contribution in [0.3, 0.4) is 0 Å². The van der Waals surface area contributed by atoms with Crippen LogP contribution in [0.1, 0.15) is 39.8 Å². The van der Waals surface area contributed by atoms with Crippen molar-refractivity contribution in [2.75, 3.05) is 13.2 Å². The topological polar surface area (TPSA) is 85.6 Å². The minimum Gasteiger partial charge on any atom is -0.450 e. The van der Waals surface area contributed by atoms with Crippen molar-refractivity contribution in [2.24, 2.45) is 0 Å². The van der Waals surface area contributed by atoms with Crippen LogP contribution in [0.5, 0.6) is 0 Å². The molecule has 2 aromatic carbocycles. The fourth-order valence-electron chi connectivity index (χ4n) is 2.89. The fraction of sp³-hybridized carbons (Fsp3) is 0.208. The van der Waals surface area contributed by atoms with E-state index >= 15 is 0 Å². The Labute approximate surface area is 174 Å². The van der Waals surface area contributed by atoms with Crippen LogP contribution in [0.4, 0.5) is 0 Å². The Bertz CT molecular complexity index is 1010. The third-order valence-corrected chi connectivity index (χ3v) is 4.52. The number of Topliss-reactive ketones (excluding diaryl/α,β-unsaturated/α-hetero) is 1. The average molecular weight is 405 g/mol. The molecule has 1 amide bonds. The van der Waals surface area contributed by atoms with E-state index < -0.39 is 5.97 Å². The van der Waals surface area contributed by atoms with Gasteiger partial charge in [-0.25, -0.2) is 4.79 Å². The summed E-state index contributed by atoms with van der Waals surface area (Å²) < 4.78 is 10.5. The second-order valence-electron chi connectivity index (χ2n) is 6.81. The molecule has 6 heteroatoms. The van der Waals surface area contributed by atoms with Gasteiger partial charge in [-0.15, -0.1) is 0 Å². The number of hydrogen-bond acceptors (Lipinski definition) is 5. The van der Waals surface area contributed by atoms with Gasteiger partial charge in [-0.3, -0.25) is 9.59 Å². The largest absolute Gasteiger partial charge is 0.450 e. The maximum Gasteiger partial charge on any atom is 0.374 e. The van der Waals surface area contributed by atoms with Gasteiger partial charge in [0, 0.05) is 17.7 Å². The molecule has 0 spiro atoms. The third kappa shape index (κ3) is 5.91. The van der Waals surface area contributed by atoms with Crippen LogP contribution in [-0.2, 0) is 16.0 Å². The van der Waals surface area contributed by atoms with Crippen molar-refractivity contribution < 1.29 is 23.5 Å². The number of carbonyl (C=O) groups is 3. The molecule has 0 saturated heterocycles. The van der Waals surface area contributed by atoms with Gasteiger partial charge >= 0.3 is 5.97 Å². The summed E-state index contributed by atoms with van der Waals surface area (Å²) in [4.78, 5) is 35.3. The van der Waals surface area contributed by atoms with Gasteiger partial charge in [0.2, 0.25) is 5.76 Å². The van der Waals surface area contributed by atoms with E-state index in [0.29, 0.717) is 17.9 Å². The first-order valence-electron chi connectivity index (χ1n) is 9.72. The molecular formula is C24H23NO5. The van der Waals surface area contributed by atoms with E-state index in [1.54, 1.807) is 30.3 Å². The number of ether oxygens (including phenoxy) is 1. The summed E-state index contributed by atoms with van der Waals surface area (Å²) in [6, 6.07) is 20.0. The lowest BCUT2D eigenvalue weighted by molar-refractivity contribution is -0.124. The molecule has 0 unspecified atom stereocenters. The van der Waals surface area contributed by atoms with Crippen LogP contribution >= 0.6 is 0 Å². The first-order valence-corrected chi connectivity index (χ1v) is 9.72. The SMILES string of the molecule is CC(=O)c1ccc(-c2ccc(C(=O)OCC(=O)NCCCc3ccccc3)o2)cc1. The van der Waals surface area contributed by atoms with Gasteiger partial charge in [0.05, 0.1) is 0 Å². The van der Waals surface area contributed by atoms with Gasteiger partial charge < -0.3 is 14.5 Å². The minimum absolute atomic E-state index is 0.0116. The molecule has 1 heterocycles. The number of rotatable bonds is 9. The summed E-state index contributed by atoms with van der Waals surface area (Å²) in [5.41, 5.74) is 2.54. The van der Waals surface area contributed by atoms with Crippen molar-refractivity contribution in [1.82, 2.24) is 5.32 Å². The van der Waals surface area contributed by atoms with E-state index in [2.05, 4.69) is 5.32 Å². The molecule has 6 nitrogen and oxygen atoms in total. The van der Waals surface area contributed by atoms with Crippen molar-refractivity contribution in [3.05, 3.63) is 83.6 Å². The van der Waals surface area contributed by atoms with Crippen LogP contribution < -0.4 is 5.32 Å². The predicted octanol–water partition coefficient (Wildman–Crippen LogP) is 4.06. The summed E-state index contributed by atoms with van der Waals surface area (Å²) >= 11 is 0. The first kappa shape index (κ1) is 21.0. The lowest BCUT2D eigenvalue weighted by atomic mass is 10.1. The van der Waals surface area contributed by atoms with Gasteiger partial charge in [-0.05, 0) is 37.5 Å². The van der Waals surface area contributed by atoms with E-state index in [1.165, 1.54) is 18.6 Å². The van der Waals surface area contributed by atoms with Gasteiger partial charge in [0.15, 0.2) is 12.4 Å². The molecule has 0 aliphatic rings. The lowest BCUT2D eigenvalue weighted by Crippen LogP contribution is -2.29. The highest BCUT2D eigenvalue weighted by Crippen LogP contribution is 2.23. The zero-order valence-corrected chi connectivity index (χ0v) is 16.7. The number of ketones is 1. The summed E-state index contributed by atoms with van der Waals surface area (Å²) in [7, 11) is 0. The minimum atomic E-state index is -0.707. The molecule has 0 fully saturated rings. The summed E-state index contributed by atoms with van der Waals surface area (Å²) in [5.74, 6) is -0.604. The van der Waals surface area contributed by atoms with E-state index in [9.17, 15) is 14.4 Å². The van der Waals surface area contributed by atoms with Crippen molar-refractivity contribution >= 4 is 17.7 Å². The van der Waals surface area contributed by atoms with Gasteiger partial charge in [-0.2, -0.15) is 0 Å². The molecule has 3 rings (SSSR count). The van der Waals surface area contributed by atoms with Crippen LogP contribution in [-0.4, -0.2) is 30.8 Å². The van der Waals surface area contributed by atoms with Crippen molar-refractivity contribution in [1.29, 1.82) is 0 Å². The quantitative estimate of drug-likeness (QED) is 0.330. The number of hydrogen-bond donors (Lipinski definition) is 1. The molecular weight excluding hydrogens is 382 g/mol. The zero-order valence-electron chi connectivity index (χ0n) is 16.7. The fourth-order valence-corrected chi connectivity index (χ4v) is 2.89. The number of esters is 1. The molecule has 3 aromatic rings. The standard InChI is InChI=1S/C24H23NO5/c1-17(26)19-9-11-20(12-10-19)21-13-14-22(30-21)24(28)29-16-23(27)25-15-5-8-18-6-3-2-4-7-18/h2-4,6-7,9-14H,5,8,15-16H2,1H3,(H,25,27). The Kier molecular flexibility index (Phi) is 7.16. The Morgan fingerprint density at radius 3 is 2.37 bits per heavy atom. The Morgan fingerprint density at radius 1 is 0.933 bits per heavy atom. The number of nitrogens with one attached hydrogen (secondary N) is 1. The molecule has 30 heavy (non-hydrogen) atoms. The number of benzene rings is 2. The molecule has 0 saturated carbocycles. The number of amides is 1. The van der Waals surface area contributed by atoms with E-state index in [4.69, 9.17) is 9.15 Å². The maximum atomic E-state index is 12.1. The van der Waals surface area contributed by atoms with E-state index in [1.807, 2.05) is 30.3 Å². The highest BCUT2D eigenvalue weighted by molar-refractivity contribution is 5.94. The zero-order chi connectivity index (χ0) is 21.3. The van der Waals surface area contributed by atoms with Gasteiger partial charge in [-0.1, -0.05) is 54.6 Å². The Morgan fingerprint density at radius 2 is 1.67 bits per heavy atom. The highest BCUT2D eigenvalue weighted by Gasteiger charge is 2.15.